The van der Waals surface area contributed by atoms with Crippen molar-refractivity contribution in [2.75, 3.05) is 10.6 Å². The third kappa shape index (κ3) is 4.19. The van der Waals surface area contributed by atoms with Crippen LogP contribution in [-0.4, -0.2) is 22.8 Å². The van der Waals surface area contributed by atoms with Crippen molar-refractivity contribution in [3.63, 3.8) is 0 Å². The van der Waals surface area contributed by atoms with Crippen LogP contribution in [0.15, 0.2) is 60.7 Å². The number of para-hydroxylation sites is 1. The first-order valence-corrected chi connectivity index (χ1v) is 11.2. The Morgan fingerprint density at radius 1 is 0.900 bits per heavy atom. The number of thiophene rings is 1. The number of anilines is 3. The second kappa shape index (κ2) is 7.89. The van der Waals surface area contributed by atoms with Crippen molar-refractivity contribution in [1.29, 1.82) is 0 Å². The molecule has 2 amide bonds. The predicted octanol–water partition coefficient (Wildman–Crippen LogP) is 5.25. The number of benzene rings is 2. The van der Waals surface area contributed by atoms with E-state index in [-0.39, 0.29) is 11.8 Å². The van der Waals surface area contributed by atoms with Gasteiger partial charge in [0, 0.05) is 23.0 Å². The highest BCUT2D eigenvalue weighted by molar-refractivity contribution is 7.29. The molecule has 6 nitrogen and oxygen atoms in total. The van der Waals surface area contributed by atoms with E-state index in [1.807, 2.05) is 36.4 Å². The van der Waals surface area contributed by atoms with Gasteiger partial charge in [0.25, 0.3) is 11.8 Å². The fraction of sp³-hybridized carbons (Fsp3) is 0.136. The molecule has 150 valence electrons. The molecule has 2 aromatic heterocycles. The molecule has 0 unspecified atom stereocenters. The smallest absolute Gasteiger partial charge is 0.265 e. The number of hydrogen-bond donors (Lipinski definition) is 3. The van der Waals surface area contributed by atoms with Gasteiger partial charge >= 0.3 is 0 Å². The number of nitrogens with one attached hydrogen (secondary N) is 3. The van der Waals surface area contributed by atoms with Crippen LogP contribution in [0.5, 0.6) is 0 Å². The predicted molar refractivity (Wildman–Crippen MR) is 122 cm³/mol. The zero-order valence-corrected chi connectivity index (χ0v) is 17.5. The molecule has 2 aromatic carbocycles. The Morgan fingerprint density at radius 3 is 2.47 bits per heavy atom. The topological polar surface area (TPSA) is 83.1 Å². The molecule has 1 fully saturated rings. The third-order valence-corrected chi connectivity index (χ3v) is 6.71. The molecule has 0 spiro atoms. The Balaban J connectivity index is 1.28. The molecule has 0 radical (unpaired) electrons. The lowest BCUT2D eigenvalue weighted by molar-refractivity contribution is 0.0949. The van der Waals surface area contributed by atoms with Crippen molar-refractivity contribution < 1.29 is 9.59 Å². The number of thiazole rings is 1. The van der Waals surface area contributed by atoms with Crippen LogP contribution in [0.1, 0.15) is 32.9 Å². The first-order valence-electron chi connectivity index (χ1n) is 9.59. The maximum absolute atomic E-state index is 12.7. The van der Waals surface area contributed by atoms with E-state index in [1.165, 1.54) is 22.7 Å². The van der Waals surface area contributed by atoms with E-state index >= 15 is 0 Å². The van der Waals surface area contributed by atoms with Crippen molar-refractivity contribution in [2.24, 2.45) is 0 Å². The number of amides is 2. The van der Waals surface area contributed by atoms with Gasteiger partial charge in [-0.05, 0) is 49.2 Å². The van der Waals surface area contributed by atoms with E-state index < -0.39 is 0 Å². The molecule has 1 saturated carbocycles. The summed E-state index contributed by atoms with van der Waals surface area (Å²) < 4.78 is 0.959. The summed E-state index contributed by atoms with van der Waals surface area (Å²) in [6.45, 7) is 0. The Hall–Kier alpha value is -3.23. The van der Waals surface area contributed by atoms with Crippen LogP contribution in [0.4, 0.5) is 16.5 Å². The Labute approximate surface area is 181 Å². The molecule has 0 aliphatic heterocycles. The minimum atomic E-state index is -0.206. The summed E-state index contributed by atoms with van der Waals surface area (Å²) in [6.07, 6.45) is 2.07. The van der Waals surface area contributed by atoms with Crippen LogP contribution in [0.3, 0.4) is 0 Å². The van der Waals surface area contributed by atoms with E-state index in [2.05, 4.69) is 20.9 Å². The van der Waals surface area contributed by atoms with Crippen molar-refractivity contribution >= 4 is 60.5 Å². The molecule has 0 atom stereocenters. The Bertz CT molecular complexity index is 1200. The molecular formula is C22H18N4O2S2. The summed E-state index contributed by atoms with van der Waals surface area (Å²) in [6, 6.07) is 19.0. The summed E-state index contributed by atoms with van der Waals surface area (Å²) in [7, 11) is 0. The maximum Gasteiger partial charge on any atom is 0.265 e. The van der Waals surface area contributed by atoms with Crippen LogP contribution in [-0.2, 0) is 0 Å². The number of carbonyl (C=O) groups excluding carboxylic acids is 2. The van der Waals surface area contributed by atoms with E-state index in [1.54, 1.807) is 24.3 Å². The summed E-state index contributed by atoms with van der Waals surface area (Å²) in [4.78, 5) is 30.9. The van der Waals surface area contributed by atoms with Crippen LogP contribution >= 0.6 is 22.7 Å². The van der Waals surface area contributed by atoms with Crippen LogP contribution in [0, 0.1) is 0 Å². The number of fused-ring (bicyclic) bond motifs is 1. The second-order valence-electron chi connectivity index (χ2n) is 7.07. The zero-order valence-electron chi connectivity index (χ0n) is 15.8. The lowest BCUT2D eigenvalue weighted by Gasteiger charge is -2.07. The summed E-state index contributed by atoms with van der Waals surface area (Å²) in [5.41, 5.74) is 2.12. The highest BCUT2D eigenvalue weighted by Gasteiger charge is 2.24. The first kappa shape index (κ1) is 18.8. The average Bonchev–Trinajstić information content (AvgIpc) is 3.35. The van der Waals surface area contributed by atoms with E-state index in [4.69, 9.17) is 0 Å². The van der Waals surface area contributed by atoms with E-state index in [9.17, 15) is 9.59 Å². The normalized spacial score (nSPS) is 13.2. The lowest BCUT2D eigenvalue weighted by atomic mass is 10.2. The van der Waals surface area contributed by atoms with Gasteiger partial charge in [-0.25, -0.2) is 4.98 Å². The Kier molecular flexibility index (Phi) is 4.94. The molecule has 3 N–H and O–H groups in total. The minimum Gasteiger partial charge on any atom is -0.349 e. The summed E-state index contributed by atoms with van der Waals surface area (Å²) in [5.74, 6) is -0.310. The van der Waals surface area contributed by atoms with E-state index in [0.29, 0.717) is 22.2 Å². The van der Waals surface area contributed by atoms with Gasteiger partial charge in [-0.15, -0.1) is 11.3 Å². The number of rotatable bonds is 6. The molecule has 2 heterocycles. The maximum atomic E-state index is 12.7. The van der Waals surface area contributed by atoms with Gasteiger partial charge in [0.05, 0.1) is 9.58 Å². The fourth-order valence-corrected chi connectivity index (χ4v) is 5.00. The summed E-state index contributed by atoms with van der Waals surface area (Å²) >= 11 is 2.86. The molecular weight excluding hydrogens is 416 g/mol. The SMILES string of the molecule is O=C(NC1CC1)c1cccc(NC(=O)c2cc3sc(Nc4ccccc4)nc3s2)c1. The first-order chi connectivity index (χ1) is 14.6. The van der Waals surface area contributed by atoms with Crippen LogP contribution in [0.2, 0.25) is 0 Å². The summed E-state index contributed by atoms with van der Waals surface area (Å²) in [5, 5.41) is 9.91. The largest absolute Gasteiger partial charge is 0.349 e. The number of carbonyl (C=O) groups is 2. The van der Waals surface area contributed by atoms with Gasteiger partial charge in [-0.3, -0.25) is 9.59 Å². The minimum absolute atomic E-state index is 0.104. The average molecular weight is 435 g/mol. The van der Waals surface area contributed by atoms with Gasteiger partial charge in [-0.2, -0.15) is 0 Å². The zero-order chi connectivity index (χ0) is 20.5. The highest BCUT2D eigenvalue weighted by Crippen LogP contribution is 2.34. The molecule has 0 saturated heterocycles. The van der Waals surface area contributed by atoms with Crippen LogP contribution < -0.4 is 16.0 Å². The van der Waals surface area contributed by atoms with E-state index in [0.717, 1.165) is 33.2 Å². The number of nitrogens with zero attached hydrogens (tertiary/aromatic N) is 1. The van der Waals surface area contributed by atoms with Crippen molar-refractivity contribution in [3.05, 3.63) is 71.1 Å². The van der Waals surface area contributed by atoms with Gasteiger partial charge in [0.2, 0.25) is 0 Å². The standard InChI is InChI=1S/C22H18N4O2S2/c27-19(23-15-9-10-15)13-5-4-8-16(11-13)24-20(28)17-12-18-21(29-17)26-22(30-18)25-14-6-2-1-3-7-14/h1-8,11-12,15H,9-10H2,(H,23,27)(H,24,28)(H,25,26). The molecule has 8 heteroatoms. The fourth-order valence-electron chi connectivity index (χ4n) is 2.97. The van der Waals surface area contributed by atoms with Crippen molar-refractivity contribution in [1.82, 2.24) is 10.3 Å². The van der Waals surface area contributed by atoms with Crippen molar-refractivity contribution in [2.45, 2.75) is 18.9 Å². The van der Waals surface area contributed by atoms with Crippen molar-refractivity contribution in [3.8, 4) is 0 Å². The quantitative estimate of drug-likeness (QED) is 0.387. The monoisotopic (exact) mass is 434 g/mol. The lowest BCUT2D eigenvalue weighted by Crippen LogP contribution is -2.25. The third-order valence-electron chi connectivity index (χ3n) is 4.63. The van der Waals surface area contributed by atoms with Gasteiger partial charge < -0.3 is 16.0 Å². The highest BCUT2D eigenvalue weighted by atomic mass is 32.1. The molecule has 1 aliphatic rings. The molecule has 30 heavy (non-hydrogen) atoms. The second-order valence-corrected chi connectivity index (χ2v) is 9.13. The van der Waals surface area contributed by atoms with Gasteiger partial charge in [0.15, 0.2) is 5.13 Å². The molecule has 1 aliphatic carbocycles. The molecule has 0 bridgehead atoms. The molecule has 4 aromatic rings. The Morgan fingerprint density at radius 2 is 1.70 bits per heavy atom. The van der Waals surface area contributed by atoms with Gasteiger partial charge in [0.1, 0.15) is 4.83 Å². The van der Waals surface area contributed by atoms with Crippen LogP contribution in [0.25, 0.3) is 9.53 Å². The number of aromatic nitrogens is 1. The number of hydrogen-bond acceptors (Lipinski definition) is 6. The van der Waals surface area contributed by atoms with Gasteiger partial charge in [-0.1, -0.05) is 35.6 Å². The molecule has 5 rings (SSSR count).